The maximum Gasteiger partial charge on any atom is 0.488 e. The molecule has 0 saturated heterocycles. The SMILES string of the molecule is CC=CCS(=O)(=O)OC([n+]1ccccc1)[n+]1ccccc1. The third-order valence-electron chi connectivity index (χ3n) is 2.76. The van der Waals surface area contributed by atoms with E-state index in [1.807, 2.05) is 36.4 Å². The molecule has 0 aromatic carbocycles. The Labute approximate surface area is 124 Å². The molecule has 21 heavy (non-hydrogen) atoms. The lowest BCUT2D eigenvalue weighted by Gasteiger charge is -2.07. The van der Waals surface area contributed by atoms with Crippen molar-refractivity contribution in [1.82, 2.24) is 0 Å². The maximum absolute atomic E-state index is 12.0. The van der Waals surface area contributed by atoms with Crippen molar-refractivity contribution in [2.75, 3.05) is 5.75 Å². The zero-order chi connectivity index (χ0) is 15.1. The van der Waals surface area contributed by atoms with E-state index in [1.165, 1.54) is 0 Å². The van der Waals surface area contributed by atoms with Crippen molar-refractivity contribution in [2.24, 2.45) is 0 Å². The molecule has 0 saturated carbocycles. The second kappa shape index (κ2) is 7.10. The van der Waals surface area contributed by atoms with E-state index in [0.29, 0.717) is 0 Å². The molecule has 0 spiro atoms. The summed E-state index contributed by atoms with van der Waals surface area (Å²) in [6, 6.07) is 11.0. The highest BCUT2D eigenvalue weighted by Crippen LogP contribution is 2.03. The van der Waals surface area contributed by atoms with Crippen molar-refractivity contribution >= 4 is 10.1 Å². The standard InChI is InChI=1S/C15H18N2O3S/c1-2-3-14-21(18,19)20-15(16-10-6-4-7-11-16)17-12-8-5-9-13-17/h2-13,15H,14H2,1H3/q+2. The Morgan fingerprint density at radius 2 is 1.43 bits per heavy atom. The Morgan fingerprint density at radius 3 is 1.86 bits per heavy atom. The molecule has 2 aromatic heterocycles. The summed E-state index contributed by atoms with van der Waals surface area (Å²) < 4.78 is 32.8. The Balaban J connectivity index is 2.34. The normalized spacial score (nSPS) is 12.1. The largest absolute Gasteiger partial charge is 0.488 e. The molecule has 0 aliphatic carbocycles. The predicted molar refractivity (Wildman–Crippen MR) is 77.4 cm³/mol. The zero-order valence-electron chi connectivity index (χ0n) is 11.7. The fourth-order valence-electron chi connectivity index (χ4n) is 1.76. The summed E-state index contributed by atoms with van der Waals surface area (Å²) in [5.74, 6) is -0.152. The van der Waals surface area contributed by atoms with E-state index in [1.54, 1.807) is 53.0 Å². The molecular formula is C15H18N2O3S+2. The van der Waals surface area contributed by atoms with Crippen LogP contribution < -0.4 is 9.13 Å². The van der Waals surface area contributed by atoms with E-state index in [9.17, 15) is 8.42 Å². The first-order valence-corrected chi connectivity index (χ1v) is 8.14. The second-order valence-corrected chi connectivity index (χ2v) is 6.00. The molecule has 0 N–H and O–H groups in total. The van der Waals surface area contributed by atoms with Crippen molar-refractivity contribution in [1.29, 1.82) is 0 Å². The molecule has 0 aliphatic heterocycles. The molecule has 0 bridgehead atoms. The third kappa shape index (κ3) is 4.47. The van der Waals surface area contributed by atoms with Crippen molar-refractivity contribution in [3.63, 3.8) is 0 Å². The minimum absolute atomic E-state index is 0.152. The van der Waals surface area contributed by atoms with Crippen LogP contribution >= 0.6 is 0 Å². The van der Waals surface area contributed by atoms with Crippen LogP contribution in [0, 0.1) is 0 Å². The van der Waals surface area contributed by atoms with Crippen LogP contribution in [0.25, 0.3) is 0 Å². The molecule has 2 rings (SSSR count). The van der Waals surface area contributed by atoms with Crippen LogP contribution in [-0.2, 0) is 14.3 Å². The van der Waals surface area contributed by atoms with Gasteiger partial charge in [-0.25, -0.2) is 0 Å². The highest BCUT2D eigenvalue weighted by atomic mass is 32.2. The predicted octanol–water partition coefficient (Wildman–Crippen LogP) is 1.19. The van der Waals surface area contributed by atoms with Gasteiger partial charge in [0.1, 0.15) is 0 Å². The molecule has 5 nitrogen and oxygen atoms in total. The molecule has 2 aromatic rings. The smallest absolute Gasteiger partial charge is 0.199 e. The summed E-state index contributed by atoms with van der Waals surface area (Å²) in [6.45, 7) is 1.77. The van der Waals surface area contributed by atoms with Crippen molar-refractivity contribution < 1.29 is 21.7 Å². The van der Waals surface area contributed by atoms with Gasteiger partial charge in [-0.2, -0.15) is 8.42 Å². The van der Waals surface area contributed by atoms with Gasteiger partial charge < -0.3 is 0 Å². The molecule has 6 heteroatoms. The van der Waals surface area contributed by atoms with Crippen LogP contribution in [0.15, 0.2) is 73.3 Å². The summed E-state index contributed by atoms with van der Waals surface area (Å²) in [4.78, 5) is 0. The molecule has 0 fully saturated rings. The molecule has 110 valence electrons. The average Bonchev–Trinajstić information content (AvgIpc) is 2.52. The highest BCUT2D eigenvalue weighted by molar-refractivity contribution is 7.86. The first kappa shape index (κ1) is 15.3. The molecule has 2 heterocycles. The number of hydrogen-bond donors (Lipinski definition) is 0. The van der Waals surface area contributed by atoms with Gasteiger partial charge in [0.05, 0.1) is 5.75 Å². The highest BCUT2D eigenvalue weighted by Gasteiger charge is 2.33. The number of rotatable bonds is 6. The molecule has 0 amide bonds. The minimum atomic E-state index is -3.67. The van der Waals surface area contributed by atoms with Crippen LogP contribution in [0.4, 0.5) is 0 Å². The fourth-order valence-corrected chi connectivity index (χ4v) is 2.72. The quantitative estimate of drug-likeness (QED) is 0.458. The lowest BCUT2D eigenvalue weighted by molar-refractivity contribution is -0.977. The first-order valence-electron chi connectivity index (χ1n) is 6.56. The molecular weight excluding hydrogens is 288 g/mol. The van der Waals surface area contributed by atoms with Gasteiger partial charge >= 0.3 is 6.35 Å². The van der Waals surface area contributed by atoms with Gasteiger partial charge in [0, 0.05) is 24.3 Å². The van der Waals surface area contributed by atoms with Gasteiger partial charge in [-0.05, 0) is 6.92 Å². The van der Waals surface area contributed by atoms with Crippen LogP contribution in [0.5, 0.6) is 0 Å². The van der Waals surface area contributed by atoms with Crippen molar-refractivity contribution in [3.05, 3.63) is 73.3 Å². The van der Waals surface area contributed by atoms with E-state index < -0.39 is 16.5 Å². The Morgan fingerprint density at radius 1 is 0.952 bits per heavy atom. The monoisotopic (exact) mass is 306 g/mol. The third-order valence-corrected chi connectivity index (χ3v) is 3.82. The summed E-state index contributed by atoms with van der Waals surface area (Å²) in [5, 5.41) is 0. The van der Waals surface area contributed by atoms with Crippen molar-refractivity contribution in [3.8, 4) is 0 Å². The van der Waals surface area contributed by atoms with Crippen LogP contribution in [0.1, 0.15) is 13.3 Å². The van der Waals surface area contributed by atoms with E-state index >= 15 is 0 Å². The van der Waals surface area contributed by atoms with Gasteiger partial charge in [0.2, 0.25) is 0 Å². The van der Waals surface area contributed by atoms with Crippen LogP contribution in [0.3, 0.4) is 0 Å². The van der Waals surface area contributed by atoms with E-state index in [0.717, 1.165) is 0 Å². The Hall–Kier alpha value is -2.05. The van der Waals surface area contributed by atoms with Gasteiger partial charge in [0.25, 0.3) is 10.1 Å². The second-order valence-electron chi connectivity index (χ2n) is 4.36. The molecule has 0 aliphatic rings. The summed E-state index contributed by atoms with van der Waals surface area (Å²) in [7, 11) is -3.67. The number of nitrogens with zero attached hydrogens (tertiary/aromatic N) is 2. The average molecular weight is 306 g/mol. The lowest BCUT2D eigenvalue weighted by atomic mass is 10.4. The summed E-state index contributed by atoms with van der Waals surface area (Å²) in [6.07, 6.45) is 9.48. The van der Waals surface area contributed by atoms with Gasteiger partial charge in [-0.1, -0.05) is 24.3 Å². The number of aromatic nitrogens is 2. The summed E-state index contributed by atoms with van der Waals surface area (Å²) >= 11 is 0. The fraction of sp³-hybridized carbons (Fsp3) is 0.200. The molecule has 0 unspecified atom stereocenters. The van der Waals surface area contributed by atoms with Crippen molar-refractivity contribution in [2.45, 2.75) is 13.3 Å². The minimum Gasteiger partial charge on any atom is -0.199 e. The zero-order valence-corrected chi connectivity index (χ0v) is 12.6. The van der Waals surface area contributed by atoms with Crippen LogP contribution in [-0.4, -0.2) is 14.2 Å². The Kier molecular flexibility index (Phi) is 5.19. The topological polar surface area (TPSA) is 51.1 Å². The molecule has 0 atom stereocenters. The van der Waals surface area contributed by atoms with E-state index in [4.69, 9.17) is 4.18 Å². The van der Waals surface area contributed by atoms with E-state index in [2.05, 4.69) is 0 Å². The lowest BCUT2D eigenvalue weighted by Crippen LogP contribution is -2.58. The summed E-state index contributed by atoms with van der Waals surface area (Å²) in [5.41, 5.74) is 0. The number of hydrogen-bond acceptors (Lipinski definition) is 3. The number of pyridine rings is 2. The maximum atomic E-state index is 12.0. The first-order chi connectivity index (χ1) is 10.1. The number of allylic oxidation sites excluding steroid dienone is 1. The van der Waals surface area contributed by atoms with Crippen LogP contribution in [0.2, 0.25) is 0 Å². The van der Waals surface area contributed by atoms with Gasteiger partial charge in [0.15, 0.2) is 24.8 Å². The van der Waals surface area contributed by atoms with E-state index in [-0.39, 0.29) is 5.75 Å². The molecule has 0 radical (unpaired) electrons. The Bertz CT molecular complexity index is 646. The van der Waals surface area contributed by atoms with Gasteiger partial charge in [-0.3, -0.25) is 0 Å². The van der Waals surface area contributed by atoms with Gasteiger partial charge in [-0.15, -0.1) is 13.3 Å².